The number of hydrogen-bond donors (Lipinski definition) is 3. The van der Waals surface area contributed by atoms with Gasteiger partial charge in [-0.25, -0.2) is 8.42 Å². The van der Waals surface area contributed by atoms with Gasteiger partial charge in [0.05, 0.1) is 10.7 Å². The number of hydrogen-bond acceptors (Lipinski definition) is 3. The zero-order valence-corrected chi connectivity index (χ0v) is 11.8. The lowest BCUT2D eigenvalue weighted by Gasteiger charge is -2.07. The van der Waals surface area contributed by atoms with Crippen molar-refractivity contribution in [3.8, 4) is 0 Å². The van der Waals surface area contributed by atoms with Crippen LogP contribution in [0.1, 0.15) is 5.69 Å². The normalized spacial score (nSPS) is 11.5. The highest BCUT2D eigenvalue weighted by Gasteiger charge is 2.17. The van der Waals surface area contributed by atoms with Crippen molar-refractivity contribution in [2.24, 2.45) is 0 Å². The third-order valence-electron chi connectivity index (χ3n) is 2.51. The summed E-state index contributed by atoms with van der Waals surface area (Å²) in [4.78, 5) is 3.08. The Bertz CT molecular complexity index is 667. The SMILES string of the molecule is CNCc1cc(S(=O)(=O)Nc2ccccc2Cl)c[nH]1. The second kappa shape index (κ2) is 5.64. The lowest BCUT2D eigenvalue weighted by molar-refractivity contribution is 0.601. The molecule has 5 nitrogen and oxygen atoms in total. The molecule has 0 spiro atoms. The number of aromatic nitrogens is 1. The summed E-state index contributed by atoms with van der Waals surface area (Å²) >= 11 is 5.93. The van der Waals surface area contributed by atoms with E-state index in [1.54, 1.807) is 37.4 Å². The smallest absolute Gasteiger partial charge is 0.263 e. The molecule has 1 aromatic heterocycles. The van der Waals surface area contributed by atoms with Crippen LogP contribution in [-0.4, -0.2) is 20.4 Å². The second-order valence-electron chi connectivity index (χ2n) is 3.98. The molecule has 0 atom stereocenters. The lowest BCUT2D eigenvalue weighted by Crippen LogP contribution is -2.12. The number of anilines is 1. The second-order valence-corrected chi connectivity index (χ2v) is 6.07. The average Bonchev–Trinajstić information content (AvgIpc) is 2.82. The van der Waals surface area contributed by atoms with Gasteiger partial charge < -0.3 is 10.3 Å². The molecule has 7 heteroatoms. The van der Waals surface area contributed by atoms with Crippen molar-refractivity contribution in [3.63, 3.8) is 0 Å². The summed E-state index contributed by atoms with van der Waals surface area (Å²) in [5.74, 6) is 0. The maximum absolute atomic E-state index is 12.2. The molecule has 1 heterocycles. The summed E-state index contributed by atoms with van der Waals surface area (Å²) < 4.78 is 26.8. The topological polar surface area (TPSA) is 74.0 Å². The molecule has 0 aliphatic rings. The summed E-state index contributed by atoms with van der Waals surface area (Å²) in [6.07, 6.45) is 1.45. The van der Waals surface area contributed by atoms with Gasteiger partial charge in [-0.3, -0.25) is 4.72 Å². The molecule has 3 N–H and O–H groups in total. The first kappa shape index (κ1) is 13.9. The van der Waals surface area contributed by atoms with Crippen LogP contribution < -0.4 is 10.0 Å². The largest absolute Gasteiger partial charge is 0.363 e. The third-order valence-corrected chi connectivity index (χ3v) is 4.19. The fraction of sp³-hybridized carbons (Fsp3) is 0.167. The monoisotopic (exact) mass is 299 g/mol. The highest BCUT2D eigenvalue weighted by atomic mass is 35.5. The van der Waals surface area contributed by atoms with Gasteiger partial charge in [0.2, 0.25) is 0 Å². The fourth-order valence-electron chi connectivity index (χ4n) is 1.61. The van der Waals surface area contributed by atoms with Crippen LogP contribution in [0, 0.1) is 0 Å². The molecular weight excluding hydrogens is 286 g/mol. The van der Waals surface area contributed by atoms with Crippen molar-refractivity contribution in [2.45, 2.75) is 11.4 Å². The molecule has 19 heavy (non-hydrogen) atoms. The Morgan fingerprint density at radius 1 is 1.32 bits per heavy atom. The van der Waals surface area contributed by atoms with E-state index in [0.29, 0.717) is 17.3 Å². The van der Waals surface area contributed by atoms with Crippen molar-refractivity contribution in [1.29, 1.82) is 0 Å². The molecule has 0 aliphatic carbocycles. The number of aromatic amines is 1. The van der Waals surface area contributed by atoms with Crippen molar-refractivity contribution >= 4 is 27.3 Å². The first-order valence-electron chi connectivity index (χ1n) is 5.62. The molecule has 0 unspecified atom stereocenters. The molecule has 0 fully saturated rings. The van der Waals surface area contributed by atoms with E-state index in [9.17, 15) is 8.42 Å². The van der Waals surface area contributed by atoms with Gasteiger partial charge >= 0.3 is 0 Å². The highest BCUT2D eigenvalue weighted by molar-refractivity contribution is 7.92. The molecule has 2 rings (SSSR count). The first-order chi connectivity index (χ1) is 9.03. The molecule has 0 bridgehead atoms. The van der Waals surface area contributed by atoms with Gasteiger partial charge in [-0.05, 0) is 25.2 Å². The van der Waals surface area contributed by atoms with Gasteiger partial charge in [0.1, 0.15) is 4.90 Å². The average molecular weight is 300 g/mol. The first-order valence-corrected chi connectivity index (χ1v) is 7.48. The van der Waals surface area contributed by atoms with Crippen LogP contribution in [-0.2, 0) is 16.6 Å². The maximum Gasteiger partial charge on any atom is 0.263 e. The Kier molecular flexibility index (Phi) is 4.14. The highest BCUT2D eigenvalue weighted by Crippen LogP contribution is 2.24. The van der Waals surface area contributed by atoms with Gasteiger partial charge in [-0.2, -0.15) is 0 Å². The Labute approximate surface area is 117 Å². The van der Waals surface area contributed by atoms with Gasteiger partial charge in [0, 0.05) is 18.4 Å². The summed E-state index contributed by atoms with van der Waals surface area (Å²) in [6, 6.07) is 8.27. The number of halogens is 1. The lowest BCUT2D eigenvalue weighted by atomic mass is 10.3. The molecule has 1 aromatic carbocycles. The number of benzene rings is 1. The number of H-pyrrole nitrogens is 1. The molecule has 0 aliphatic heterocycles. The van der Waals surface area contributed by atoms with Crippen molar-refractivity contribution in [2.75, 3.05) is 11.8 Å². The molecule has 0 amide bonds. The van der Waals surface area contributed by atoms with Crippen LogP contribution in [0.4, 0.5) is 5.69 Å². The number of rotatable bonds is 5. The van der Waals surface area contributed by atoms with Crippen molar-refractivity contribution in [1.82, 2.24) is 10.3 Å². The minimum absolute atomic E-state index is 0.178. The van der Waals surface area contributed by atoms with E-state index in [1.165, 1.54) is 6.20 Å². The quantitative estimate of drug-likeness (QED) is 0.792. The van der Waals surface area contributed by atoms with Crippen molar-refractivity contribution < 1.29 is 8.42 Å². The van der Waals surface area contributed by atoms with E-state index in [0.717, 1.165) is 5.69 Å². The fourth-order valence-corrected chi connectivity index (χ4v) is 2.95. The van der Waals surface area contributed by atoms with E-state index in [1.807, 2.05) is 0 Å². The molecule has 0 saturated carbocycles. The van der Waals surface area contributed by atoms with E-state index in [-0.39, 0.29) is 4.90 Å². The summed E-state index contributed by atoms with van der Waals surface area (Å²) in [5, 5.41) is 3.30. The Hall–Kier alpha value is -1.50. The number of nitrogens with one attached hydrogen (secondary N) is 3. The Morgan fingerprint density at radius 2 is 2.05 bits per heavy atom. The van der Waals surface area contributed by atoms with E-state index < -0.39 is 10.0 Å². The molecule has 102 valence electrons. The minimum atomic E-state index is -3.63. The standard InChI is InChI=1S/C12H14ClN3O2S/c1-14-7-9-6-10(8-15-9)19(17,18)16-12-5-3-2-4-11(12)13/h2-6,8,14-16H,7H2,1H3. The van der Waals surface area contributed by atoms with Crippen LogP contribution in [0.3, 0.4) is 0 Å². The van der Waals surface area contributed by atoms with Crippen LogP contribution in [0.25, 0.3) is 0 Å². The van der Waals surface area contributed by atoms with E-state index in [2.05, 4.69) is 15.0 Å². The summed E-state index contributed by atoms with van der Waals surface area (Å²) in [5.41, 5.74) is 1.16. The van der Waals surface area contributed by atoms with E-state index in [4.69, 9.17) is 11.6 Å². The molecular formula is C12H14ClN3O2S. The summed E-state index contributed by atoms with van der Waals surface area (Å²) in [7, 11) is -1.84. The van der Waals surface area contributed by atoms with Crippen LogP contribution >= 0.6 is 11.6 Å². The van der Waals surface area contributed by atoms with Crippen LogP contribution in [0.15, 0.2) is 41.4 Å². The van der Waals surface area contributed by atoms with Gasteiger partial charge in [-0.1, -0.05) is 23.7 Å². The van der Waals surface area contributed by atoms with Gasteiger partial charge in [-0.15, -0.1) is 0 Å². The van der Waals surface area contributed by atoms with Gasteiger partial charge in [0.25, 0.3) is 10.0 Å². The Balaban J connectivity index is 2.25. The summed E-state index contributed by atoms with van der Waals surface area (Å²) in [6.45, 7) is 0.571. The van der Waals surface area contributed by atoms with E-state index >= 15 is 0 Å². The number of para-hydroxylation sites is 1. The molecule has 2 aromatic rings. The predicted molar refractivity (Wildman–Crippen MR) is 75.8 cm³/mol. The molecule has 0 saturated heterocycles. The Morgan fingerprint density at radius 3 is 2.74 bits per heavy atom. The predicted octanol–water partition coefficient (Wildman–Crippen LogP) is 2.19. The van der Waals surface area contributed by atoms with Crippen LogP contribution in [0.5, 0.6) is 0 Å². The van der Waals surface area contributed by atoms with Crippen molar-refractivity contribution in [3.05, 3.63) is 47.2 Å². The van der Waals surface area contributed by atoms with Gasteiger partial charge in [0.15, 0.2) is 0 Å². The number of sulfonamides is 1. The third kappa shape index (κ3) is 3.28. The maximum atomic E-state index is 12.2. The minimum Gasteiger partial charge on any atom is -0.363 e. The zero-order chi connectivity index (χ0) is 13.9. The zero-order valence-electron chi connectivity index (χ0n) is 10.3. The van der Waals surface area contributed by atoms with Crippen LogP contribution in [0.2, 0.25) is 5.02 Å². The molecule has 0 radical (unpaired) electrons.